The van der Waals surface area contributed by atoms with Crippen molar-refractivity contribution in [1.82, 2.24) is 15.1 Å². The molecule has 6 heteroatoms. The van der Waals surface area contributed by atoms with Crippen LogP contribution in [0.25, 0.3) is 0 Å². The van der Waals surface area contributed by atoms with E-state index in [1.807, 2.05) is 40.6 Å². The van der Waals surface area contributed by atoms with Crippen LogP contribution in [0.2, 0.25) is 0 Å². The summed E-state index contributed by atoms with van der Waals surface area (Å²) in [5.74, 6) is 0.418. The number of nitrogens with one attached hydrogen (secondary N) is 1. The van der Waals surface area contributed by atoms with Crippen LogP contribution in [0, 0.1) is 18.8 Å². The Bertz CT molecular complexity index is 1230. The predicted octanol–water partition coefficient (Wildman–Crippen LogP) is 6.02. The predicted molar refractivity (Wildman–Crippen MR) is 154 cm³/mol. The van der Waals surface area contributed by atoms with Crippen LogP contribution in [0.3, 0.4) is 0 Å². The van der Waals surface area contributed by atoms with Gasteiger partial charge in [0, 0.05) is 30.1 Å². The number of benzene rings is 2. The molecule has 200 valence electrons. The second-order valence-electron chi connectivity index (χ2n) is 11.3. The smallest absolute Gasteiger partial charge is 0.254 e. The van der Waals surface area contributed by atoms with E-state index in [1.54, 1.807) is 11.3 Å². The third-order valence-electron chi connectivity index (χ3n) is 7.92. The van der Waals surface area contributed by atoms with E-state index in [9.17, 15) is 9.59 Å². The summed E-state index contributed by atoms with van der Waals surface area (Å²) < 4.78 is 0. The molecular formula is C32H39N3O2S. The lowest BCUT2D eigenvalue weighted by Gasteiger charge is -2.42. The van der Waals surface area contributed by atoms with Gasteiger partial charge in [-0.2, -0.15) is 0 Å². The molecule has 1 N–H and O–H groups in total. The number of hydrogen-bond acceptors (Lipinski definition) is 4. The lowest BCUT2D eigenvalue weighted by Crippen LogP contribution is -2.49. The molecule has 0 radical (unpaired) electrons. The van der Waals surface area contributed by atoms with Crippen LogP contribution in [-0.4, -0.2) is 47.8 Å². The van der Waals surface area contributed by atoms with E-state index in [4.69, 9.17) is 0 Å². The summed E-state index contributed by atoms with van der Waals surface area (Å²) in [4.78, 5) is 33.1. The fourth-order valence-electron chi connectivity index (χ4n) is 5.90. The molecule has 2 atom stereocenters. The standard InChI is InChI=1S/C32H39N3O2S/c1-22(2)20-35-30(28-9-6-18-38-28)29(26-7-4-5-8-27(26)32(35)37)31(36)33-19-24-14-16-34(17-15-24)21-25-12-10-23(3)11-13-25/h4-13,18,22,24,29-30H,14-17,19-21H2,1-3H3,(H,33,36)/t29-,30-/m1/s1. The zero-order valence-corrected chi connectivity index (χ0v) is 23.5. The van der Waals surface area contributed by atoms with Crippen LogP contribution in [0.1, 0.15) is 70.6 Å². The molecule has 2 aliphatic rings. The summed E-state index contributed by atoms with van der Waals surface area (Å²) in [6.07, 6.45) is 2.17. The number of thiophene rings is 1. The Hall–Kier alpha value is -2.96. The van der Waals surface area contributed by atoms with Gasteiger partial charge in [-0.3, -0.25) is 14.5 Å². The van der Waals surface area contributed by atoms with Gasteiger partial charge in [0.25, 0.3) is 5.91 Å². The van der Waals surface area contributed by atoms with E-state index in [0.717, 1.165) is 42.9 Å². The highest BCUT2D eigenvalue weighted by molar-refractivity contribution is 7.10. The van der Waals surface area contributed by atoms with Gasteiger partial charge in [0.15, 0.2) is 0 Å². The first-order valence-corrected chi connectivity index (χ1v) is 14.8. The molecule has 0 bridgehead atoms. The molecule has 5 nitrogen and oxygen atoms in total. The van der Waals surface area contributed by atoms with Crippen LogP contribution >= 0.6 is 11.3 Å². The maximum absolute atomic E-state index is 13.9. The van der Waals surface area contributed by atoms with Crippen molar-refractivity contribution in [1.29, 1.82) is 0 Å². The highest BCUT2D eigenvalue weighted by Crippen LogP contribution is 2.44. The molecular weight excluding hydrogens is 490 g/mol. The average molecular weight is 530 g/mol. The van der Waals surface area contributed by atoms with Crippen molar-refractivity contribution < 1.29 is 9.59 Å². The molecule has 0 aliphatic carbocycles. The van der Waals surface area contributed by atoms with Crippen molar-refractivity contribution >= 4 is 23.2 Å². The topological polar surface area (TPSA) is 52.7 Å². The number of carbonyl (C=O) groups excluding carboxylic acids is 2. The van der Waals surface area contributed by atoms with Gasteiger partial charge in [0.05, 0.1) is 12.0 Å². The van der Waals surface area contributed by atoms with E-state index in [-0.39, 0.29) is 17.9 Å². The molecule has 2 aromatic carbocycles. The molecule has 0 unspecified atom stereocenters. The Labute approximate surface area is 230 Å². The minimum atomic E-state index is -0.414. The van der Waals surface area contributed by atoms with E-state index in [0.29, 0.717) is 30.5 Å². The van der Waals surface area contributed by atoms with Crippen LogP contribution < -0.4 is 5.32 Å². The van der Waals surface area contributed by atoms with Crippen molar-refractivity contribution in [3.8, 4) is 0 Å². The number of aryl methyl sites for hydroxylation is 1. The Morgan fingerprint density at radius 3 is 2.45 bits per heavy atom. The first kappa shape index (κ1) is 26.6. The third kappa shape index (κ3) is 5.87. The molecule has 3 aromatic rings. The number of fused-ring (bicyclic) bond motifs is 1. The summed E-state index contributed by atoms with van der Waals surface area (Å²) in [7, 11) is 0. The van der Waals surface area contributed by atoms with Gasteiger partial charge in [0.1, 0.15) is 0 Å². The summed E-state index contributed by atoms with van der Waals surface area (Å²) in [6, 6.07) is 20.3. The Morgan fingerprint density at radius 1 is 1.03 bits per heavy atom. The molecule has 1 aromatic heterocycles. The molecule has 1 saturated heterocycles. The quantitative estimate of drug-likeness (QED) is 0.388. The summed E-state index contributed by atoms with van der Waals surface area (Å²) in [6.45, 7) is 10.8. The van der Waals surface area contributed by atoms with Crippen LogP contribution in [0.4, 0.5) is 0 Å². The van der Waals surface area contributed by atoms with Gasteiger partial charge < -0.3 is 10.2 Å². The molecule has 38 heavy (non-hydrogen) atoms. The van der Waals surface area contributed by atoms with Gasteiger partial charge in [-0.05, 0) is 73.3 Å². The van der Waals surface area contributed by atoms with E-state index < -0.39 is 5.92 Å². The summed E-state index contributed by atoms with van der Waals surface area (Å²) in [5, 5.41) is 5.36. The first-order chi connectivity index (χ1) is 18.4. The number of likely N-dealkylation sites (tertiary alicyclic amines) is 1. The monoisotopic (exact) mass is 529 g/mol. The fourth-order valence-corrected chi connectivity index (χ4v) is 6.78. The average Bonchev–Trinajstić information content (AvgIpc) is 3.45. The lowest BCUT2D eigenvalue weighted by atomic mass is 9.81. The second kappa shape index (κ2) is 11.8. The molecule has 1 fully saturated rings. The van der Waals surface area contributed by atoms with E-state index >= 15 is 0 Å². The van der Waals surface area contributed by atoms with Gasteiger partial charge in [0.2, 0.25) is 5.91 Å². The normalized spacial score (nSPS) is 20.5. The Kier molecular flexibility index (Phi) is 8.29. The van der Waals surface area contributed by atoms with Crippen molar-refractivity contribution in [3.05, 3.63) is 93.2 Å². The van der Waals surface area contributed by atoms with E-state index in [2.05, 4.69) is 61.3 Å². The zero-order valence-electron chi connectivity index (χ0n) is 22.7. The number of hydrogen-bond donors (Lipinski definition) is 1. The summed E-state index contributed by atoms with van der Waals surface area (Å²) in [5.41, 5.74) is 4.16. The fraction of sp³-hybridized carbons (Fsp3) is 0.438. The SMILES string of the molecule is Cc1ccc(CN2CCC(CNC(=O)[C@@H]3c4ccccc4C(=O)N(CC(C)C)[C@@H]3c3cccs3)CC2)cc1. The molecule has 2 amide bonds. The maximum atomic E-state index is 13.9. The molecule has 0 spiro atoms. The third-order valence-corrected chi connectivity index (χ3v) is 8.86. The van der Waals surface area contributed by atoms with Gasteiger partial charge in [-0.15, -0.1) is 11.3 Å². The zero-order chi connectivity index (χ0) is 26.6. The number of carbonyl (C=O) groups is 2. The first-order valence-electron chi connectivity index (χ1n) is 13.9. The lowest BCUT2D eigenvalue weighted by molar-refractivity contribution is -0.124. The number of rotatable bonds is 8. The molecule has 5 rings (SSSR count). The molecule has 2 aliphatic heterocycles. The minimum Gasteiger partial charge on any atom is -0.355 e. The largest absolute Gasteiger partial charge is 0.355 e. The Balaban J connectivity index is 1.28. The van der Waals surface area contributed by atoms with Crippen LogP contribution in [-0.2, 0) is 11.3 Å². The molecule has 3 heterocycles. The van der Waals surface area contributed by atoms with Crippen LogP contribution in [0.5, 0.6) is 0 Å². The Morgan fingerprint density at radius 2 is 1.76 bits per heavy atom. The maximum Gasteiger partial charge on any atom is 0.254 e. The van der Waals surface area contributed by atoms with Crippen molar-refractivity contribution in [2.45, 2.75) is 52.1 Å². The van der Waals surface area contributed by atoms with Crippen molar-refractivity contribution in [3.63, 3.8) is 0 Å². The van der Waals surface area contributed by atoms with Crippen molar-refractivity contribution in [2.24, 2.45) is 11.8 Å². The number of piperidine rings is 1. The minimum absolute atomic E-state index is 0.0256. The molecule has 0 saturated carbocycles. The van der Waals surface area contributed by atoms with Gasteiger partial charge >= 0.3 is 0 Å². The van der Waals surface area contributed by atoms with Crippen molar-refractivity contribution in [2.75, 3.05) is 26.2 Å². The highest BCUT2D eigenvalue weighted by Gasteiger charge is 2.44. The van der Waals surface area contributed by atoms with E-state index in [1.165, 1.54) is 11.1 Å². The second-order valence-corrected chi connectivity index (χ2v) is 12.3. The van der Waals surface area contributed by atoms with Gasteiger partial charge in [-0.1, -0.05) is 67.9 Å². The van der Waals surface area contributed by atoms with Gasteiger partial charge in [-0.25, -0.2) is 0 Å². The summed E-state index contributed by atoms with van der Waals surface area (Å²) >= 11 is 1.63. The highest BCUT2D eigenvalue weighted by atomic mass is 32.1. The van der Waals surface area contributed by atoms with Crippen LogP contribution in [0.15, 0.2) is 66.0 Å². The number of amides is 2. The number of nitrogens with zero attached hydrogens (tertiary/aromatic N) is 2.